The summed E-state index contributed by atoms with van der Waals surface area (Å²) in [6.07, 6.45) is 3.03. The number of rotatable bonds is 9. The molecule has 1 atom stereocenters. The fraction of sp³-hybridized carbons (Fsp3) is 0.357. The Balaban J connectivity index is 1.54. The predicted octanol–water partition coefficient (Wildman–Crippen LogP) is 5.16. The summed E-state index contributed by atoms with van der Waals surface area (Å²) in [7, 11) is 0. The van der Waals surface area contributed by atoms with Crippen LogP contribution in [0.1, 0.15) is 59.8 Å². The van der Waals surface area contributed by atoms with E-state index in [-0.39, 0.29) is 31.0 Å². The normalized spacial score (nSPS) is 18.6. The molecule has 1 aliphatic carbocycles. The van der Waals surface area contributed by atoms with Gasteiger partial charge in [-0.15, -0.1) is 0 Å². The maximum absolute atomic E-state index is 12.3. The lowest BCUT2D eigenvalue weighted by Gasteiger charge is -2.33. The van der Waals surface area contributed by atoms with Crippen molar-refractivity contribution in [2.75, 3.05) is 11.9 Å². The van der Waals surface area contributed by atoms with Gasteiger partial charge in [-0.2, -0.15) is 0 Å². The van der Waals surface area contributed by atoms with Crippen molar-refractivity contribution in [3.05, 3.63) is 77.6 Å². The van der Waals surface area contributed by atoms with Crippen molar-refractivity contribution in [1.29, 1.82) is 0 Å². The SMILES string of the molecule is Cc1oc(-c2ccccc2)cc1C(Nc1ccc(C(=O)NCCC(=O)O)cc1)C1CCC(O)CC1. The van der Waals surface area contributed by atoms with Gasteiger partial charge in [0.05, 0.1) is 18.6 Å². The smallest absolute Gasteiger partial charge is 0.305 e. The first-order valence-electron chi connectivity index (χ1n) is 12.1. The summed E-state index contributed by atoms with van der Waals surface area (Å²) in [5.74, 6) is 0.776. The zero-order chi connectivity index (χ0) is 24.8. The van der Waals surface area contributed by atoms with Crippen LogP contribution in [0.2, 0.25) is 0 Å². The minimum absolute atomic E-state index is 0.000967. The van der Waals surface area contributed by atoms with Crippen LogP contribution in [0.15, 0.2) is 65.1 Å². The summed E-state index contributed by atoms with van der Waals surface area (Å²) < 4.78 is 6.15. The molecule has 1 aliphatic rings. The van der Waals surface area contributed by atoms with Crippen molar-refractivity contribution in [3.8, 4) is 11.3 Å². The van der Waals surface area contributed by atoms with Crippen LogP contribution in [0.5, 0.6) is 0 Å². The summed E-state index contributed by atoms with van der Waals surface area (Å²) in [6.45, 7) is 2.08. The molecule has 1 unspecified atom stereocenters. The number of amides is 1. The summed E-state index contributed by atoms with van der Waals surface area (Å²) in [4.78, 5) is 22.9. The molecule has 2 aromatic carbocycles. The molecular formula is C28H32N2O5. The summed E-state index contributed by atoms with van der Waals surface area (Å²) in [5, 5.41) is 25.1. The van der Waals surface area contributed by atoms with Crippen molar-refractivity contribution < 1.29 is 24.2 Å². The van der Waals surface area contributed by atoms with Gasteiger partial charge in [0, 0.05) is 28.9 Å². The Morgan fingerprint density at radius 2 is 1.71 bits per heavy atom. The number of anilines is 1. The van der Waals surface area contributed by atoms with E-state index in [2.05, 4.69) is 16.7 Å². The van der Waals surface area contributed by atoms with Crippen LogP contribution < -0.4 is 10.6 Å². The molecule has 184 valence electrons. The molecule has 1 fully saturated rings. The maximum atomic E-state index is 12.3. The highest BCUT2D eigenvalue weighted by Gasteiger charge is 2.30. The molecule has 3 aromatic rings. The second-order valence-corrected chi connectivity index (χ2v) is 9.16. The zero-order valence-electron chi connectivity index (χ0n) is 19.9. The number of hydrogen-bond donors (Lipinski definition) is 4. The van der Waals surface area contributed by atoms with E-state index in [0.717, 1.165) is 54.0 Å². The van der Waals surface area contributed by atoms with Crippen LogP contribution in [-0.2, 0) is 4.79 Å². The van der Waals surface area contributed by atoms with Crippen molar-refractivity contribution >= 4 is 17.6 Å². The minimum atomic E-state index is -0.948. The second-order valence-electron chi connectivity index (χ2n) is 9.16. The number of aryl methyl sites for hydroxylation is 1. The number of aliphatic carboxylic acids is 1. The number of hydrogen-bond acceptors (Lipinski definition) is 5. The van der Waals surface area contributed by atoms with Gasteiger partial charge in [0.15, 0.2) is 0 Å². The van der Waals surface area contributed by atoms with Crippen molar-refractivity contribution in [2.45, 2.75) is 51.2 Å². The number of carbonyl (C=O) groups excluding carboxylic acids is 1. The van der Waals surface area contributed by atoms with Crippen LogP contribution in [0.3, 0.4) is 0 Å². The van der Waals surface area contributed by atoms with Gasteiger partial charge in [-0.1, -0.05) is 30.3 Å². The summed E-state index contributed by atoms with van der Waals surface area (Å²) >= 11 is 0. The first kappa shape index (κ1) is 24.5. The Morgan fingerprint density at radius 3 is 2.37 bits per heavy atom. The molecule has 35 heavy (non-hydrogen) atoms. The molecule has 0 radical (unpaired) electrons. The van der Waals surface area contributed by atoms with Gasteiger partial charge in [-0.25, -0.2) is 0 Å². The van der Waals surface area contributed by atoms with E-state index in [1.807, 2.05) is 49.4 Å². The van der Waals surface area contributed by atoms with Crippen LogP contribution in [0.4, 0.5) is 5.69 Å². The average molecular weight is 477 g/mol. The Bertz CT molecular complexity index is 1130. The fourth-order valence-electron chi connectivity index (χ4n) is 4.72. The zero-order valence-corrected chi connectivity index (χ0v) is 19.9. The number of benzene rings is 2. The molecule has 0 spiro atoms. The van der Waals surface area contributed by atoms with Crippen molar-refractivity contribution in [2.24, 2.45) is 5.92 Å². The van der Waals surface area contributed by atoms with Gasteiger partial charge in [0.1, 0.15) is 11.5 Å². The van der Waals surface area contributed by atoms with Gasteiger partial charge in [0.2, 0.25) is 0 Å². The first-order valence-corrected chi connectivity index (χ1v) is 12.1. The van der Waals surface area contributed by atoms with Gasteiger partial charge < -0.3 is 25.3 Å². The Labute approximate surface area is 205 Å². The largest absolute Gasteiger partial charge is 0.481 e. The van der Waals surface area contributed by atoms with E-state index in [0.29, 0.717) is 11.5 Å². The minimum Gasteiger partial charge on any atom is -0.481 e. The number of carboxylic acid groups (broad SMARTS) is 1. The Kier molecular flexibility index (Phi) is 7.87. The van der Waals surface area contributed by atoms with Crippen molar-refractivity contribution in [1.82, 2.24) is 5.32 Å². The number of furan rings is 1. The molecule has 4 N–H and O–H groups in total. The second kappa shape index (κ2) is 11.2. The third-order valence-electron chi connectivity index (χ3n) is 6.66. The molecule has 0 aliphatic heterocycles. The van der Waals surface area contributed by atoms with E-state index >= 15 is 0 Å². The maximum Gasteiger partial charge on any atom is 0.305 e. The molecule has 1 heterocycles. The standard InChI is InChI=1S/C28H32N2O5/c1-18-24(17-25(35-18)19-5-3-2-4-6-19)27(20-9-13-23(31)14-10-20)30-22-11-7-21(8-12-22)28(34)29-16-15-26(32)33/h2-8,11-12,17,20,23,27,30-31H,9-10,13-16H2,1H3,(H,29,34)(H,32,33). The molecule has 4 rings (SSSR count). The highest BCUT2D eigenvalue weighted by molar-refractivity contribution is 5.94. The average Bonchev–Trinajstić information content (AvgIpc) is 3.25. The Hall–Kier alpha value is -3.58. The highest BCUT2D eigenvalue weighted by Crippen LogP contribution is 2.40. The molecule has 1 amide bonds. The third kappa shape index (κ3) is 6.31. The van der Waals surface area contributed by atoms with Crippen LogP contribution >= 0.6 is 0 Å². The van der Waals surface area contributed by atoms with Gasteiger partial charge in [0.25, 0.3) is 5.91 Å². The number of carboxylic acids is 1. The quantitative estimate of drug-likeness (QED) is 0.339. The van der Waals surface area contributed by atoms with Gasteiger partial charge in [-0.3, -0.25) is 9.59 Å². The van der Waals surface area contributed by atoms with Crippen LogP contribution in [0, 0.1) is 12.8 Å². The first-order chi connectivity index (χ1) is 16.9. The van der Waals surface area contributed by atoms with Gasteiger partial charge in [-0.05, 0) is 68.9 Å². The van der Waals surface area contributed by atoms with Crippen molar-refractivity contribution in [3.63, 3.8) is 0 Å². The monoisotopic (exact) mass is 476 g/mol. The number of aliphatic hydroxyl groups excluding tert-OH is 1. The fourth-order valence-corrected chi connectivity index (χ4v) is 4.72. The molecule has 0 bridgehead atoms. The number of carbonyl (C=O) groups is 2. The molecule has 1 aromatic heterocycles. The predicted molar refractivity (Wildman–Crippen MR) is 134 cm³/mol. The topological polar surface area (TPSA) is 112 Å². The lowest BCUT2D eigenvalue weighted by molar-refractivity contribution is -0.136. The van der Waals surface area contributed by atoms with E-state index in [9.17, 15) is 14.7 Å². The summed E-state index contributed by atoms with van der Waals surface area (Å²) in [6, 6.07) is 19.3. The molecular weight excluding hydrogens is 444 g/mol. The van der Waals surface area contributed by atoms with Crippen LogP contribution in [0.25, 0.3) is 11.3 Å². The molecule has 7 heteroatoms. The lowest BCUT2D eigenvalue weighted by atomic mass is 9.80. The van der Waals surface area contributed by atoms with E-state index < -0.39 is 5.97 Å². The lowest BCUT2D eigenvalue weighted by Crippen LogP contribution is -2.27. The number of aliphatic hydroxyl groups is 1. The number of nitrogens with one attached hydrogen (secondary N) is 2. The molecule has 7 nitrogen and oxygen atoms in total. The Morgan fingerprint density at radius 1 is 1.03 bits per heavy atom. The molecule has 0 saturated heterocycles. The molecule has 1 saturated carbocycles. The third-order valence-corrected chi connectivity index (χ3v) is 6.66. The van der Waals surface area contributed by atoms with E-state index in [4.69, 9.17) is 9.52 Å². The highest BCUT2D eigenvalue weighted by atomic mass is 16.4. The van der Waals surface area contributed by atoms with Gasteiger partial charge >= 0.3 is 5.97 Å². The van der Waals surface area contributed by atoms with Crippen LogP contribution in [-0.4, -0.2) is 34.7 Å². The van der Waals surface area contributed by atoms with E-state index in [1.54, 1.807) is 12.1 Å². The van der Waals surface area contributed by atoms with E-state index in [1.165, 1.54) is 0 Å². The summed E-state index contributed by atoms with van der Waals surface area (Å²) in [5.41, 5.74) is 3.48.